The molecular formula is C15H30. The smallest absolute Gasteiger partial charge is 0.0234 e. The molecule has 0 amide bonds. The van der Waals surface area contributed by atoms with Gasteiger partial charge in [-0.25, -0.2) is 0 Å². The topological polar surface area (TPSA) is 0 Å². The second-order valence-corrected chi connectivity index (χ2v) is 5.92. The molecule has 0 aliphatic rings. The van der Waals surface area contributed by atoms with Gasteiger partial charge in [0.1, 0.15) is 0 Å². The minimum absolute atomic E-state index is 0.668. The molecule has 0 heterocycles. The van der Waals surface area contributed by atoms with Crippen molar-refractivity contribution in [3.05, 3.63) is 12.2 Å². The SMILES string of the molecule is C=C(C)C(C)CC(C)C(C)C(C)C(C)C. The molecule has 0 saturated carbocycles. The lowest BCUT2D eigenvalue weighted by Crippen LogP contribution is -2.22. The van der Waals surface area contributed by atoms with E-state index in [0.717, 1.165) is 23.7 Å². The van der Waals surface area contributed by atoms with E-state index in [1.807, 2.05) is 0 Å². The van der Waals surface area contributed by atoms with Crippen LogP contribution in [-0.4, -0.2) is 0 Å². The zero-order chi connectivity index (χ0) is 12.2. The Hall–Kier alpha value is -0.260. The van der Waals surface area contributed by atoms with Crippen LogP contribution in [0.5, 0.6) is 0 Å². The minimum atomic E-state index is 0.668. The van der Waals surface area contributed by atoms with Gasteiger partial charge in [0.05, 0.1) is 0 Å². The van der Waals surface area contributed by atoms with Crippen molar-refractivity contribution in [2.24, 2.45) is 29.6 Å². The highest BCUT2D eigenvalue weighted by molar-refractivity contribution is 4.94. The first-order valence-corrected chi connectivity index (χ1v) is 6.42. The van der Waals surface area contributed by atoms with E-state index in [2.05, 4.69) is 55.0 Å². The normalized spacial score (nSPS) is 19.7. The van der Waals surface area contributed by atoms with Gasteiger partial charge in [0.15, 0.2) is 0 Å². The maximum atomic E-state index is 4.05. The van der Waals surface area contributed by atoms with Crippen molar-refractivity contribution >= 4 is 0 Å². The third-order valence-corrected chi connectivity index (χ3v) is 4.35. The Morgan fingerprint density at radius 3 is 1.73 bits per heavy atom. The second-order valence-electron chi connectivity index (χ2n) is 5.92. The highest BCUT2D eigenvalue weighted by Gasteiger charge is 2.22. The molecule has 90 valence electrons. The van der Waals surface area contributed by atoms with Crippen LogP contribution in [0, 0.1) is 29.6 Å². The fraction of sp³-hybridized carbons (Fsp3) is 0.867. The summed E-state index contributed by atoms with van der Waals surface area (Å²) in [5.74, 6) is 3.89. The van der Waals surface area contributed by atoms with Gasteiger partial charge in [-0.1, -0.05) is 53.7 Å². The van der Waals surface area contributed by atoms with Gasteiger partial charge >= 0.3 is 0 Å². The van der Waals surface area contributed by atoms with Crippen LogP contribution in [0.3, 0.4) is 0 Å². The fourth-order valence-electron chi connectivity index (χ4n) is 2.10. The van der Waals surface area contributed by atoms with Gasteiger partial charge in [-0.15, -0.1) is 0 Å². The molecule has 15 heavy (non-hydrogen) atoms. The van der Waals surface area contributed by atoms with Crippen LogP contribution in [0.2, 0.25) is 0 Å². The molecule has 0 fully saturated rings. The maximum absolute atomic E-state index is 4.05. The zero-order valence-electron chi connectivity index (χ0n) is 11.8. The lowest BCUT2D eigenvalue weighted by molar-refractivity contribution is 0.204. The third kappa shape index (κ3) is 4.86. The molecule has 0 N–H and O–H groups in total. The monoisotopic (exact) mass is 210 g/mol. The highest BCUT2D eigenvalue weighted by Crippen LogP contribution is 2.31. The van der Waals surface area contributed by atoms with E-state index in [-0.39, 0.29) is 0 Å². The van der Waals surface area contributed by atoms with Gasteiger partial charge in [-0.3, -0.25) is 0 Å². The van der Waals surface area contributed by atoms with Crippen LogP contribution in [0.15, 0.2) is 12.2 Å². The Morgan fingerprint density at radius 2 is 1.40 bits per heavy atom. The van der Waals surface area contributed by atoms with Crippen molar-refractivity contribution in [1.29, 1.82) is 0 Å². The summed E-state index contributed by atoms with van der Waals surface area (Å²) < 4.78 is 0. The number of hydrogen-bond donors (Lipinski definition) is 0. The molecule has 0 aliphatic heterocycles. The Kier molecular flexibility index (Phi) is 6.24. The Morgan fingerprint density at radius 1 is 0.933 bits per heavy atom. The van der Waals surface area contributed by atoms with Crippen molar-refractivity contribution in [2.75, 3.05) is 0 Å². The number of hydrogen-bond acceptors (Lipinski definition) is 0. The van der Waals surface area contributed by atoms with Crippen LogP contribution < -0.4 is 0 Å². The standard InChI is InChI=1S/C15H30/c1-10(2)12(5)9-13(6)15(8)14(7)11(3)4/h11-15H,1,9H2,2-8H3. The zero-order valence-corrected chi connectivity index (χ0v) is 11.8. The molecule has 0 aromatic rings. The summed E-state index contributed by atoms with van der Waals surface area (Å²) in [6, 6.07) is 0. The van der Waals surface area contributed by atoms with E-state index in [0.29, 0.717) is 5.92 Å². The Labute approximate surface area is 97.2 Å². The summed E-state index contributed by atoms with van der Waals surface area (Å²) in [5, 5.41) is 0. The summed E-state index contributed by atoms with van der Waals surface area (Å²) in [5.41, 5.74) is 1.33. The van der Waals surface area contributed by atoms with Crippen LogP contribution >= 0.6 is 0 Å². The summed E-state index contributed by atoms with van der Waals surface area (Å²) in [6.07, 6.45) is 1.29. The number of allylic oxidation sites excluding steroid dienone is 1. The average Bonchev–Trinajstić information content (AvgIpc) is 2.14. The first-order valence-electron chi connectivity index (χ1n) is 6.42. The molecule has 0 aliphatic carbocycles. The maximum Gasteiger partial charge on any atom is -0.0234 e. The predicted molar refractivity (Wildman–Crippen MR) is 70.9 cm³/mol. The van der Waals surface area contributed by atoms with Crippen molar-refractivity contribution in [3.63, 3.8) is 0 Å². The van der Waals surface area contributed by atoms with Crippen molar-refractivity contribution < 1.29 is 0 Å². The second kappa shape index (κ2) is 6.35. The van der Waals surface area contributed by atoms with E-state index >= 15 is 0 Å². The van der Waals surface area contributed by atoms with Gasteiger partial charge in [-0.05, 0) is 42.9 Å². The molecule has 0 bridgehead atoms. The van der Waals surface area contributed by atoms with Crippen molar-refractivity contribution in [1.82, 2.24) is 0 Å². The fourth-order valence-corrected chi connectivity index (χ4v) is 2.10. The van der Waals surface area contributed by atoms with Gasteiger partial charge in [0.2, 0.25) is 0 Å². The molecule has 0 spiro atoms. The lowest BCUT2D eigenvalue weighted by atomic mass is 9.75. The molecule has 0 aromatic carbocycles. The predicted octanol–water partition coefficient (Wildman–Crippen LogP) is 5.15. The van der Waals surface area contributed by atoms with Crippen molar-refractivity contribution in [3.8, 4) is 0 Å². The summed E-state index contributed by atoms with van der Waals surface area (Å²) in [4.78, 5) is 0. The summed E-state index contributed by atoms with van der Waals surface area (Å²) >= 11 is 0. The van der Waals surface area contributed by atoms with Gasteiger partial charge < -0.3 is 0 Å². The molecule has 0 radical (unpaired) electrons. The van der Waals surface area contributed by atoms with Gasteiger partial charge in [0, 0.05) is 0 Å². The molecule has 0 aromatic heterocycles. The third-order valence-electron chi connectivity index (χ3n) is 4.35. The summed E-state index contributed by atoms with van der Waals surface area (Å²) in [7, 11) is 0. The quantitative estimate of drug-likeness (QED) is 0.532. The first-order chi connectivity index (χ1) is 6.77. The molecule has 0 saturated heterocycles. The minimum Gasteiger partial charge on any atom is -0.0999 e. The number of rotatable bonds is 6. The van der Waals surface area contributed by atoms with Crippen LogP contribution in [0.25, 0.3) is 0 Å². The van der Waals surface area contributed by atoms with Gasteiger partial charge in [0.25, 0.3) is 0 Å². The molecular weight excluding hydrogens is 180 g/mol. The summed E-state index contributed by atoms with van der Waals surface area (Å²) in [6.45, 7) is 20.3. The van der Waals surface area contributed by atoms with Crippen LogP contribution in [0.4, 0.5) is 0 Å². The van der Waals surface area contributed by atoms with Crippen molar-refractivity contribution in [2.45, 2.75) is 54.9 Å². The molecule has 0 rings (SSSR count). The average molecular weight is 210 g/mol. The van der Waals surface area contributed by atoms with Crippen LogP contribution in [0.1, 0.15) is 54.9 Å². The molecule has 4 unspecified atom stereocenters. The molecule has 0 heteroatoms. The molecule has 4 atom stereocenters. The van der Waals surface area contributed by atoms with E-state index in [1.54, 1.807) is 0 Å². The first kappa shape index (κ1) is 14.7. The Balaban J connectivity index is 4.20. The molecule has 0 nitrogen and oxygen atoms in total. The van der Waals surface area contributed by atoms with Crippen LogP contribution in [-0.2, 0) is 0 Å². The largest absolute Gasteiger partial charge is 0.0999 e. The lowest BCUT2D eigenvalue weighted by Gasteiger charge is -2.30. The van der Waals surface area contributed by atoms with E-state index in [4.69, 9.17) is 0 Å². The Bertz CT molecular complexity index is 190. The van der Waals surface area contributed by atoms with E-state index in [9.17, 15) is 0 Å². The van der Waals surface area contributed by atoms with E-state index in [1.165, 1.54) is 12.0 Å². The highest BCUT2D eigenvalue weighted by atomic mass is 14.3. The van der Waals surface area contributed by atoms with Gasteiger partial charge in [-0.2, -0.15) is 0 Å². The van der Waals surface area contributed by atoms with E-state index < -0.39 is 0 Å².